The molecule has 1 amide bonds. The number of hydrogen-bond donors (Lipinski definition) is 1. The van der Waals surface area contributed by atoms with Crippen LogP contribution in [0.25, 0.3) is 0 Å². The van der Waals surface area contributed by atoms with Crippen molar-refractivity contribution in [3.05, 3.63) is 65.7 Å². The van der Waals surface area contributed by atoms with Crippen LogP contribution < -0.4 is 10.6 Å². The largest absolute Gasteiger partial charge is 0.372 e. The summed E-state index contributed by atoms with van der Waals surface area (Å²) in [5.41, 5.74) is 8.38. The van der Waals surface area contributed by atoms with E-state index in [2.05, 4.69) is 47.2 Å². The number of carbonyl (C=O) groups excluding carboxylic acids is 1. The number of carbonyl (C=O) groups is 1. The second kappa shape index (κ2) is 7.49. The Kier molecular flexibility index (Phi) is 5.16. The van der Waals surface area contributed by atoms with Gasteiger partial charge in [-0.05, 0) is 42.7 Å². The first-order chi connectivity index (χ1) is 11.6. The molecule has 0 bridgehead atoms. The second-order valence-corrected chi connectivity index (χ2v) is 6.51. The molecule has 0 atom stereocenters. The van der Waals surface area contributed by atoms with Crippen LogP contribution in [0.4, 0.5) is 5.69 Å². The van der Waals surface area contributed by atoms with Gasteiger partial charge in [-0.25, -0.2) is 0 Å². The Bertz CT molecular complexity index is 661. The normalized spacial score (nSPS) is 16.0. The number of benzene rings is 2. The maximum atomic E-state index is 11.2. The lowest BCUT2D eigenvalue weighted by molar-refractivity contribution is 0.100. The Morgan fingerprint density at radius 2 is 1.71 bits per heavy atom. The molecule has 4 heteroatoms. The number of likely N-dealkylation sites (tertiary alicyclic amines) is 1. The minimum Gasteiger partial charge on any atom is -0.372 e. The fourth-order valence-electron chi connectivity index (χ4n) is 3.38. The van der Waals surface area contributed by atoms with Gasteiger partial charge in [0.25, 0.3) is 0 Å². The van der Waals surface area contributed by atoms with Crippen molar-refractivity contribution in [1.29, 1.82) is 0 Å². The van der Waals surface area contributed by atoms with Gasteiger partial charge in [0, 0.05) is 44.0 Å². The number of amides is 1. The summed E-state index contributed by atoms with van der Waals surface area (Å²) in [5.74, 6) is -0.376. The predicted octanol–water partition coefficient (Wildman–Crippen LogP) is 2.89. The maximum absolute atomic E-state index is 11.2. The average molecular weight is 323 g/mol. The van der Waals surface area contributed by atoms with E-state index >= 15 is 0 Å². The van der Waals surface area contributed by atoms with E-state index in [-0.39, 0.29) is 5.91 Å². The van der Waals surface area contributed by atoms with Crippen LogP contribution in [0.3, 0.4) is 0 Å². The van der Waals surface area contributed by atoms with E-state index in [1.807, 2.05) is 12.1 Å². The first-order valence-electron chi connectivity index (χ1n) is 8.52. The van der Waals surface area contributed by atoms with Gasteiger partial charge in [0.2, 0.25) is 5.91 Å². The quantitative estimate of drug-likeness (QED) is 0.920. The smallest absolute Gasteiger partial charge is 0.248 e. The molecular formula is C20H25N3O. The van der Waals surface area contributed by atoms with Gasteiger partial charge < -0.3 is 10.6 Å². The van der Waals surface area contributed by atoms with Gasteiger partial charge >= 0.3 is 0 Å². The monoisotopic (exact) mass is 323 g/mol. The van der Waals surface area contributed by atoms with E-state index in [0.717, 1.165) is 38.2 Å². The molecule has 1 saturated heterocycles. The number of nitrogens with two attached hydrogens (primary N) is 1. The zero-order chi connectivity index (χ0) is 16.9. The van der Waals surface area contributed by atoms with Gasteiger partial charge in [-0.2, -0.15) is 0 Å². The fraction of sp³-hybridized carbons (Fsp3) is 0.350. The minimum absolute atomic E-state index is 0.376. The third-order valence-corrected chi connectivity index (χ3v) is 4.91. The lowest BCUT2D eigenvalue weighted by Gasteiger charge is -2.38. The molecule has 4 nitrogen and oxygen atoms in total. The maximum Gasteiger partial charge on any atom is 0.248 e. The van der Waals surface area contributed by atoms with Crippen molar-refractivity contribution in [2.75, 3.05) is 25.0 Å². The summed E-state index contributed by atoms with van der Waals surface area (Å²) in [7, 11) is 2.14. The van der Waals surface area contributed by atoms with E-state index in [9.17, 15) is 4.79 Å². The molecule has 1 aliphatic heterocycles. The first kappa shape index (κ1) is 16.5. The Morgan fingerprint density at radius 3 is 2.29 bits per heavy atom. The summed E-state index contributed by atoms with van der Waals surface area (Å²) >= 11 is 0. The van der Waals surface area contributed by atoms with Crippen LogP contribution >= 0.6 is 0 Å². The number of hydrogen-bond acceptors (Lipinski definition) is 3. The molecule has 0 saturated carbocycles. The summed E-state index contributed by atoms with van der Waals surface area (Å²) in [6, 6.07) is 18.8. The first-order valence-corrected chi connectivity index (χ1v) is 8.52. The molecule has 1 aliphatic rings. The van der Waals surface area contributed by atoms with Gasteiger partial charge in [0.15, 0.2) is 0 Å². The van der Waals surface area contributed by atoms with E-state index in [4.69, 9.17) is 5.73 Å². The third kappa shape index (κ3) is 3.95. The lowest BCUT2D eigenvalue weighted by Crippen LogP contribution is -2.43. The highest BCUT2D eigenvalue weighted by Gasteiger charge is 2.22. The SMILES string of the molecule is CN(c1ccc(C(N)=O)cc1)C1CCN(Cc2ccccc2)CC1. The molecule has 2 N–H and O–H groups in total. The van der Waals surface area contributed by atoms with Crippen molar-refractivity contribution in [2.45, 2.75) is 25.4 Å². The van der Waals surface area contributed by atoms with E-state index < -0.39 is 0 Å². The molecule has 2 aromatic rings. The highest BCUT2D eigenvalue weighted by atomic mass is 16.1. The van der Waals surface area contributed by atoms with Crippen molar-refractivity contribution in [2.24, 2.45) is 5.73 Å². The number of piperidine rings is 1. The molecule has 0 radical (unpaired) electrons. The number of primary amides is 1. The van der Waals surface area contributed by atoms with Crippen LogP contribution in [0.5, 0.6) is 0 Å². The van der Waals surface area contributed by atoms with Crippen molar-refractivity contribution < 1.29 is 4.79 Å². The molecule has 0 unspecified atom stereocenters. The molecule has 0 aromatic heterocycles. The van der Waals surface area contributed by atoms with Crippen molar-refractivity contribution in [3.8, 4) is 0 Å². The molecule has 1 fully saturated rings. The molecule has 3 rings (SSSR count). The molecule has 2 aromatic carbocycles. The Balaban J connectivity index is 1.55. The van der Waals surface area contributed by atoms with Crippen LogP contribution in [-0.4, -0.2) is 37.0 Å². The lowest BCUT2D eigenvalue weighted by atomic mass is 10.0. The Labute approximate surface area is 143 Å². The second-order valence-electron chi connectivity index (χ2n) is 6.51. The number of rotatable bonds is 5. The summed E-state index contributed by atoms with van der Waals surface area (Å²) < 4.78 is 0. The van der Waals surface area contributed by atoms with Crippen LogP contribution in [0.1, 0.15) is 28.8 Å². The number of nitrogens with zero attached hydrogens (tertiary/aromatic N) is 2. The van der Waals surface area contributed by atoms with Crippen LogP contribution in [0.15, 0.2) is 54.6 Å². The van der Waals surface area contributed by atoms with Gasteiger partial charge in [-0.1, -0.05) is 30.3 Å². The summed E-state index contributed by atoms with van der Waals surface area (Å²) in [6.45, 7) is 3.26. The fourth-order valence-corrected chi connectivity index (χ4v) is 3.38. The van der Waals surface area contributed by atoms with Gasteiger partial charge in [-0.3, -0.25) is 9.69 Å². The van der Waals surface area contributed by atoms with E-state index in [1.165, 1.54) is 5.56 Å². The van der Waals surface area contributed by atoms with Crippen molar-refractivity contribution >= 4 is 11.6 Å². The molecule has 24 heavy (non-hydrogen) atoms. The standard InChI is InChI=1S/C20H25N3O/c1-22(18-9-7-17(8-10-18)20(21)24)19-11-13-23(14-12-19)15-16-5-3-2-4-6-16/h2-10,19H,11-15H2,1H3,(H2,21,24). The van der Waals surface area contributed by atoms with Crippen LogP contribution in [-0.2, 0) is 6.54 Å². The van der Waals surface area contributed by atoms with Gasteiger partial charge in [0.05, 0.1) is 0 Å². The molecule has 126 valence electrons. The zero-order valence-corrected chi connectivity index (χ0v) is 14.2. The minimum atomic E-state index is -0.376. The number of anilines is 1. The third-order valence-electron chi connectivity index (χ3n) is 4.91. The van der Waals surface area contributed by atoms with E-state index in [1.54, 1.807) is 12.1 Å². The van der Waals surface area contributed by atoms with Crippen molar-refractivity contribution in [3.63, 3.8) is 0 Å². The molecule has 1 heterocycles. The summed E-state index contributed by atoms with van der Waals surface area (Å²) in [4.78, 5) is 16.0. The predicted molar refractivity (Wildman–Crippen MR) is 98.1 cm³/mol. The van der Waals surface area contributed by atoms with E-state index in [0.29, 0.717) is 11.6 Å². The Hall–Kier alpha value is -2.33. The van der Waals surface area contributed by atoms with Gasteiger partial charge in [-0.15, -0.1) is 0 Å². The molecular weight excluding hydrogens is 298 g/mol. The molecule has 0 aliphatic carbocycles. The summed E-state index contributed by atoms with van der Waals surface area (Å²) in [6.07, 6.45) is 2.31. The zero-order valence-electron chi connectivity index (χ0n) is 14.2. The summed E-state index contributed by atoms with van der Waals surface area (Å²) in [5, 5.41) is 0. The van der Waals surface area contributed by atoms with Crippen molar-refractivity contribution in [1.82, 2.24) is 4.90 Å². The topological polar surface area (TPSA) is 49.6 Å². The highest BCUT2D eigenvalue weighted by molar-refractivity contribution is 5.93. The van der Waals surface area contributed by atoms with Gasteiger partial charge in [0.1, 0.15) is 0 Å². The van der Waals surface area contributed by atoms with Crippen LogP contribution in [0.2, 0.25) is 0 Å². The van der Waals surface area contributed by atoms with Crippen LogP contribution in [0, 0.1) is 0 Å². The Morgan fingerprint density at radius 1 is 1.08 bits per heavy atom. The molecule has 0 spiro atoms. The highest BCUT2D eigenvalue weighted by Crippen LogP contribution is 2.23. The average Bonchev–Trinajstić information content (AvgIpc) is 2.63.